The van der Waals surface area contributed by atoms with Gasteiger partial charge in [0.15, 0.2) is 0 Å². The molecule has 0 aliphatic carbocycles. The van der Waals surface area contributed by atoms with Gasteiger partial charge >= 0.3 is 6.03 Å². The molecule has 8 heteroatoms. The molecule has 140 valence electrons. The average Bonchev–Trinajstić information content (AvgIpc) is 2.82. The number of anilines is 2. The van der Waals surface area contributed by atoms with E-state index in [1.54, 1.807) is 25.1 Å². The molecule has 1 aliphatic rings. The lowest BCUT2D eigenvalue weighted by molar-refractivity contribution is -0.134. The molecule has 0 bridgehead atoms. The molecule has 3 N–H and O–H groups in total. The van der Waals surface area contributed by atoms with E-state index in [9.17, 15) is 19.2 Å². The highest BCUT2D eigenvalue weighted by atomic mass is 16.2. The quantitative estimate of drug-likeness (QED) is 0.674. The van der Waals surface area contributed by atoms with Crippen molar-refractivity contribution in [3.05, 3.63) is 23.8 Å². The predicted molar refractivity (Wildman–Crippen MR) is 97.7 cm³/mol. The Morgan fingerprint density at radius 1 is 1.15 bits per heavy atom. The second-order valence-corrected chi connectivity index (χ2v) is 6.37. The lowest BCUT2D eigenvalue weighted by Crippen LogP contribution is -2.46. The third-order valence-electron chi connectivity index (χ3n) is 4.59. The normalized spacial score (nSPS) is 15.6. The van der Waals surface area contributed by atoms with E-state index in [4.69, 9.17) is 0 Å². The van der Waals surface area contributed by atoms with Crippen LogP contribution in [-0.2, 0) is 14.4 Å². The number of hydrogen-bond donors (Lipinski definition) is 3. The van der Waals surface area contributed by atoms with E-state index in [0.29, 0.717) is 24.2 Å². The highest BCUT2D eigenvalue weighted by Gasteiger charge is 2.49. The fourth-order valence-electron chi connectivity index (χ4n) is 2.92. The predicted octanol–water partition coefficient (Wildman–Crippen LogP) is 2.00. The summed E-state index contributed by atoms with van der Waals surface area (Å²) in [7, 11) is 0. The average molecular weight is 360 g/mol. The zero-order valence-electron chi connectivity index (χ0n) is 15.4. The van der Waals surface area contributed by atoms with E-state index in [0.717, 1.165) is 10.5 Å². The van der Waals surface area contributed by atoms with Crippen LogP contribution >= 0.6 is 0 Å². The van der Waals surface area contributed by atoms with E-state index in [1.807, 2.05) is 13.8 Å². The van der Waals surface area contributed by atoms with Crippen LogP contribution in [0.25, 0.3) is 0 Å². The van der Waals surface area contributed by atoms with Crippen LogP contribution in [0, 0.1) is 6.92 Å². The van der Waals surface area contributed by atoms with Crippen molar-refractivity contribution in [3.8, 4) is 0 Å². The first kappa shape index (κ1) is 19.4. The van der Waals surface area contributed by atoms with Gasteiger partial charge in [0.25, 0.3) is 5.91 Å². The Morgan fingerprint density at radius 3 is 2.35 bits per heavy atom. The van der Waals surface area contributed by atoms with Crippen LogP contribution in [0.5, 0.6) is 0 Å². The summed E-state index contributed by atoms with van der Waals surface area (Å²) in [6, 6.07) is 4.55. The molecule has 0 unspecified atom stereocenters. The molecule has 5 amide bonds. The molecule has 0 spiro atoms. The molecule has 2 rings (SSSR count). The topological polar surface area (TPSA) is 108 Å². The van der Waals surface area contributed by atoms with Crippen molar-refractivity contribution in [3.63, 3.8) is 0 Å². The number of rotatable bonds is 6. The lowest BCUT2D eigenvalue weighted by Gasteiger charge is -2.23. The minimum absolute atomic E-state index is 0.221. The largest absolute Gasteiger partial charge is 0.326 e. The molecule has 8 nitrogen and oxygen atoms in total. The molecular weight excluding hydrogens is 336 g/mol. The third kappa shape index (κ3) is 3.84. The Morgan fingerprint density at radius 2 is 1.81 bits per heavy atom. The highest BCUT2D eigenvalue weighted by Crippen LogP contribution is 2.25. The summed E-state index contributed by atoms with van der Waals surface area (Å²) in [5, 5.41) is 8.02. The molecule has 1 fully saturated rings. The van der Waals surface area contributed by atoms with Crippen LogP contribution in [0.3, 0.4) is 0 Å². The van der Waals surface area contributed by atoms with Gasteiger partial charge < -0.3 is 16.0 Å². The van der Waals surface area contributed by atoms with Crippen LogP contribution in [0.2, 0.25) is 0 Å². The molecule has 1 saturated heterocycles. The number of nitrogens with zero attached hydrogens (tertiary/aromatic N) is 1. The number of imide groups is 1. The number of carbonyl (C=O) groups is 4. The summed E-state index contributed by atoms with van der Waals surface area (Å²) in [5.41, 5.74) is 0.912. The van der Waals surface area contributed by atoms with Crippen molar-refractivity contribution in [1.29, 1.82) is 0 Å². The van der Waals surface area contributed by atoms with Gasteiger partial charge in [-0.05, 0) is 37.5 Å². The molecule has 0 aromatic heterocycles. The second-order valence-electron chi connectivity index (χ2n) is 6.37. The fraction of sp³-hybridized carbons (Fsp3) is 0.444. The van der Waals surface area contributed by atoms with Gasteiger partial charge in [0.05, 0.1) is 0 Å². The highest BCUT2D eigenvalue weighted by molar-refractivity contribution is 6.10. The van der Waals surface area contributed by atoms with Crippen molar-refractivity contribution in [1.82, 2.24) is 10.2 Å². The van der Waals surface area contributed by atoms with Gasteiger partial charge in [-0.25, -0.2) is 4.79 Å². The van der Waals surface area contributed by atoms with Crippen molar-refractivity contribution in [2.45, 2.75) is 46.1 Å². The van der Waals surface area contributed by atoms with E-state index in [-0.39, 0.29) is 18.4 Å². The molecule has 0 saturated carbocycles. The van der Waals surface area contributed by atoms with Gasteiger partial charge in [0, 0.05) is 18.3 Å². The minimum Gasteiger partial charge on any atom is -0.326 e. The number of urea groups is 1. The number of nitrogens with one attached hydrogen (secondary N) is 3. The third-order valence-corrected chi connectivity index (χ3v) is 4.59. The molecule has 1 aromatic carbocycles. The Bertz CT molecular complexity index is 756. The van der Waals surface area contributed by atoms with Crippen molar-refractivity contribution in [2.75, 3.05) is 17.2 Å². The van der Waals surface area contributed by atoms with Gasteiger partial charge in [-0.1, -0.05) is 19.9 Å². The second kappa shape index (κ2) is 7.55. The summed E-state index contributed by atoms with van der Waals surface area (Å²) in [5.74, 6) is -1.09. The molecule has 1 aliphatic heterocycles. The van der Waals surface area contributed by atoms with Gasteiger partial charge in [0.1, 0.15) is 12.1 Å². The van der Waals surface area contributed by atoms with Crippen LogP contribution in [-0.4, -0.2) is 40.7 Å². The molecule has 1 aromatic rings. The van der Waals surface area contributed by atoms with Gasteiger partial charge in [-0.3, -0.25) is 19.3 Å². The molecular formula is C18H24N4O4. The van der Waals surface area contributed by atoms with Crippen molar-refractivity contribution in [2.24, 2.45) is 0 Å². The first-order chi connectivity index (χ1) is 12.2. The van der Waals surface area contributed by atoms with Gasteiger partial charge in [0.2, 0.25) is 11.8 Å². The maximum absolute atomic E-state index is 12.5. The van der Waals surface area contributed by atoms with Crippen LogP contribution in [0.4, 0.5) is 16.2 Å². The summed E-state index contributed by atoms with van der Waals surface area (Å²) in [4.78, 5) is 49.1. The van der Waals surface area contributed by atoms with E-state index in [1.165, 1.54) is 6.92 Å². The monoisotopic (exact) mass is 360 g/mol. The van der Waals surface area contributed by atoms with Crippen LogP contribution in [0.1, 0.15) is 39.2 Å². The van der Waals surface area contributed by atoms with E-state index >= 15 is 0 Å². The molecule has 26 heavy (non-hydrogen) atoms. The van der Waals surface area contributed by atoms with Crippen molar-refractivity contribution < 1.29 is 19.2 Å². The first-order valence-corrected chi connectivity index (χ1v) is 8.54. The van der Waals surface area contributed by atoms with E-state index < -0.39 is 17.5 Å². The van der Waals surface area contributed by atoms with Gasteiger partial charge in [-0.2, -0.15) is 0 Å². The standard InChI is InChI=1S/C18H24N4O4/c1-5-18(6-2)16(25)22(17(26)21-18)10-15(24)20-14-9-13(19-12(4)23)8-7-11(14)3/h7-9H,5-6,10H2,1-4H3,(H,19,23)(H,20,24)(H,21,26). The summed E-state index contributed by atoms with van der Waals surface area (Å²) < 4.78 is 0. The van der Waals surface area contributed by atoms with Crippen LogP contribution < -0.4 is 16.0 Å². The minimum atomic E-state index is -0.932. The smallest absolute Gasteiger partial charge is 0.325 e. The summed E-state index contributed by atoms with van der Waals surface area (Å²) in [6.07, 6.45) is 0.925. The lowest BCUT2D eigenvalue weighted by atomic mass is 9.93. The zero-order chi connectivity index (χ0) is 19.5. The number of carbonyl (C=O) groups excluding carboxylic acids is 4. The summed E-state index contributed by atoms with van der Waals surface area (Å²) >= 11 is 0. The van der Waals surface area contributed by atoms with Crippen LogP contribution in [0.15, 0.2) is 18.2 Å². The molecule has 0 atom stereocenters. The molecule has 1 heterocycles. The number of amides is 5. The number of benzene rings is 1. The fourth-order valence-corrected chi connectivity index (χ4v) is 2.92. The summed E-state index contributed by atoms with van der Waals surface area (Å²) in [6.45, 7) is 6.48. The molecule has 0 radical (unpaired) electrons. The SMILES string of the molecule is CCC1(CC)NC(=O)N(CC(=O)Nc2cc(NC(C)=O)ccc2C)C1=O. The maximum atomic E-state index is 12.5. The Labute approximate surface area is 152 Å². The van der Waals surface area contributed by atoms with E-state index in [2.05, 4.69) is 16.0 Å². The van der Waals surface area contributed by atoms with Gasteiger partial charge in [-0.15, -0.1) is 0 Å². The Kier molecular flexibility index (Phi) is 5.64. The Balaban J connectivity index is 2.11. The maximum Gasteiger partial charge on any atom is 0.325 e. The number of hydrogen-bond acceptors (Lipinski definition) is 4. The Hall–Kier alpha value is -2.90. The zero-order valence-corrected chi connectivity index (χ0v) is 15.4. The number of aryl methyl sites for hydroxylation is 1. The van der Waals surface area contributed by atoms with Crippen molar-refractivity contribution >= 4 is 35.1 Å². The first-order valence-electron chi connectivity index (χ1n) is 8.54.